The van der Waals surface area contributed by atoms with Crippen molar-refractivity contribution in [2.75, 3.05) is 0 Å². The Kier molecular flexibility index (Phi) is 4.78. The highest BCUT2D eigenvalue weighted by molar-refractivity contribution is 5.95. The van der Waals surface area contributed by atoms with Crippen molar-refractivity contribution in [1.29, 1.82) is 0 Å². The van der Waals surface area contributed by atoms with Crippen LogP contribution >= 0.6 is 0 Å². The molecule has 2 aromatic rings. The van der Waals surface area contributed by atoms with Crippen molar-refractivity contribution in [2.24, 2.45) is 5.73 Å². The topological polar surface area (TPSA) is 103 Å². The molecule has 0 fully saturated rings. The molecule has 0 bridgehead atoms. The fourth-order valence-corrected chi connectivity index (χ4v) is 1.77. The summed E-state index contributed by atoms with van der Waals surface area (Å²) in [6.45, 7) is 1.71. The SMILES string of the molecule is CC(N)c1cn(CC(=O)NC(=O)Cc2ccccc2)nn1. The molecule has 1 atom stereocenters. The summed E-state index contributed by atoms with van der Waals surface area (Å²) >= 11 is 0. The van der Waals surface area contributed by atoms with Gasteiger partial charge in [-0.2, -0.15) is 0 Å². The van der Waals surface area contributed by atoms with Gasteiger partial charge in [0.15, 0.2) is 0 Å². The Balaban J connectivity index is 1.85. The highest BCUT2D eigenvalue weighted by Crippen LogP contribution is 2.03. The van der Waals surface area contributed by atoms with Gasteiger partial charge in [0.1, 0.15) is 6.54 Å². The van der Waals surface area contributed by atoms with E-state index in [0.717, 1.165) is 5.56 Å². The summed E-state index contributed by atoms with van der Waals surface area (Å²) in [4.78, 5) is 23.5. The van der Waals surface area contributed by atoms with E-state index in [1.54, 1.807) is 13.1 Å². The third-order valence-electron chi connectivity index (χ3n) is 2.81. The molecule has 1 unspecified atom stereocenters. The smallest absolute Gasteiger partial charge is 0.248 e. The molecule has 1 aromatic carbocycles. The Morgan fingerprint density at radius 1 is 1.29 bits per heavy atom. The number of rotatable bonds is 5. The van der Waals surface area contributed by atoms with Crippen molar-refractivity contribution in [3.05, 3.63) is 47.8 Å². The minimum atomic E-state index is -0.433. The maximum Gasteiger partial charge on any atom is 0.248 e. The number of carbonyl (C=O) groups excluding carboxylic acids is 2. The fraction of sp³-hybridized carbons (Fsp3) is 0.286. The molecule has 0 radical (unpaired) electrons. The number of hydrogen-bond acceptors (Lipinski definition) is 5. The van der Waals surface area contributed by atoms with Crippen LogP contribution in [0.4, 0.5) is 0 Å². The monoisotopic (exact) mass is 287 g/mol. The van der Waals surface area contributed by atoms with E-state index in [0.29, 0.717) is 5.69 Å². The maximum atomic E-state index is 11.7. The third-order valence-corrected chi connectivity index (χ3v) is 2.81. The molecular weight excluding hydrogens is 270 g/mol. The number of aromatic nitrogens is 3. The molecule has 21 heavy (non-hydrogen) atoms. The second-order valence-electron chi connectivity index (χ2n) is 4.76. The van der Waals surface area contributed by atoms with Crippen LogP contribution in [0.3, 0.4) is 0 Å². The lowest BCUT2D eigenvalue weighted by molar-refractivity contribution is -0.130. The van der Waals surface area contributed by atoms with E-state index in [1.807, 2.05) is 30.3 Å². The van der Waals surface area contributed by atoms with E-state index >= 15 is 0 Å². The molecule has 0 aliphatic carbocycles. The second-order valence-corrected chi connectivity index (χ2v) is 4.76. The van der Waals surface area contributed by atoms with Crippen LogP contribution < -0.4 is 11.1 Å². The van der Waals surface area contributed by atoms with Crippen LogP contribution in [-0.4, -0.2) is 26.8 Å². The summed E-state index contributed by atoms with van der Waals surface area (Å²) in [7, 11) is 0. The van der Waals surface area contributed by atoms with Crippen LogP contribution in [0.1, 0.15) is 24.2 Å². The van der Waals surface area contributed by atoms with Crippen molar-refractivity contribution >= 4 is 11.8 Å². The van der Waals surface area contributed by atoms with Crippen molar-refractivity contribution in [2.45, 2.75) is 25.9 Å². The predicted molar refractivity (Wildman–Crippen MR) is 75.9 cm³/mol. The summed E-state index contributed by atoms with van der Waals surface area (Å²) in [5, 5.41) is 9.94. The zero-order valence-corrected chi connectivity index (χ0v) is 11.7. The largest absolute Gasteiger partial charge is 0.323 e. The summed E-state index contributed by atoms with van der Waals surface area (Å²) in [6.07, 6.45) is 1.75. The van der Waals surface area contributed by atoms with Gasteiger partial charge in [-0.15, -0.1) is 5.10 Å². The number of nitrogens with two attached hydrogens (primary N) is 1. The van der Waals surface area contributed by atoms with Crippen LogP contribution in [-0.2, 0) is 22.6 Å². The normalized spacial score (nSPS) is 11.9. The Labute approximate surface area is 122 Å². The highest BCUT2D eigenvalue weighted by atomic mass is 16.2. The van der Waals surface area contributed by atoms with Gasteiger partial charge in [-0.25, -0.2) is 4.68 Å². The van der Waals surface area contributed by atoms with Gasteiger partial charge in [-0.05, 0) is 12.5 Å². The first-order chi connectivity index (χ1) is 10.0. The van der Waals surface area contributed by atoms with Gasteiger partial charge in [-0.3, -0.25) is 14.9 Å². The van der Waals surface area contributed by atoms with E-state index in [-0.39, 0.29) is 24.9 Å². The van der Waals surface area contributed by atoms with Crippen LogP contribution in [0.15, 0.2) is 36.5 Å². The average molecular weight is 287 g/mol. The van der Waals surface area contributed by atoms with Gasteiger partial charge in [-0.1, -0.05) is 35.5 Å². The van der Waals surface area contributed by atoms with Crippen LogP contribution in [0.2, 0.25) is 0 Å². The molecule has 2 amide bonds. The maximum absolute atomic E-state index is 11.7. The fourth-order valence-electron chi connectivity index (χ4n) is 1.77. The van der Waals surface area contributed by atoms with Crippen LogP contribution in [0, 0.1) is 0 Å². The summed E-state index contributed by atoms with van der Waals surface area (Å²) in [5.41, 5.74) is 7.10. The Hall–Kier alpha value is -2.54. The summed E-state index contributed by atoms with van der Waals surface area (Å²) < 4.78 is 1.35. The molecule has 7 heteroatoms. The van der Waals surface area contributed by atoms with Gasteiger partial charge in [0.2, 0.25) is 11.8 Å². The lowest BCUT2D eigenvalue weighted by Gasteiger charge is -2.04. The number of amides is 2. The van der Waals surface area contributed by atoms with Gasteiger partial charge in [0.25, 0.3) is 0 Å². The van der Waals surface area contributed by atoms with E-state index in [4.69, 9.17) is 5.73 Å². The molecule has 1 heterocycles. The summed E-state index contributed by atoms with van der Waals surface area (Å²) in [5.74, 6) is -0.782. The Bertz CT molecular complexity index is 621. The number of imide groups is 1. The van der Waals surface area contributed by atoms with Gasteiger partial charge in [0, 0.05) is 6.04 Å². The van der Waals surface area contributed by atoms with Crippen LogP contribution in [0.25, 0.3) is 0 Å². The molecule has 2 rings (SSSR count). The number of benzene rings is 1. The van der Waals surface area contributed by atoms with E-state index in [1.165, 1.54) is 4.68 Å². The Morgan fingerprint density at radius 3 is 2.62 bits per heavy atom. The van der Waals surface area contributed by atoms with E-state index < -0.39 is 5.91 Å². The lowest BCUT2D eigenvalue weighted by atomic mass is 10.1. The first-order valence-electron chi connectivity index (χ1n) is 6.57. The molecule has 110 valence electrons. The molecule has 3 N–H and O–H groups in total. The second kappa shape index (κ2) is 6.76. The first-order valence-corrected chi connectivity index (χ1v) is 6.57. The Morgan fingerprint density at radius 2 is 2.00 bits per heavy atom. The predicted octanol–water partition coefficient (Wildman–Crippen LogP) is 0.183. The third kappa shape index (κ3) is 4.50. The molecule has 0 saturated heterocycles. The zero-order valence-electron chi connectivity index (χ0n) is 11.7. The number of carbonyl (C=O) groups is 2. The highest BCUT2D eigenvalue weighted by Gasteiger charge is 2.11. The van der Waals surface area contributed by atoms with E-state index in [9.17, 15) is 9.59 Å². The van der Waals surface area contributed by atoms with Gasteiger partial charge >= 0.3 is 0 Å². The molecule has 0 aliphatic heterocycles. The molecule has 0 aliphatic rings. The molecule has 7 nitrogen and oxygen atoms in total. The standard InChI is InChI=1S/C14H17N5O2/c1-10(15)12-8-19(18-17-12)9-14(21)16-13(20)7-11-5-3-2-4-6-11/h2-6,8,10H,7,9,15H2,1H3,(H,16,20,21). The van der Waals surface area contributed by atoms with Crippen LogP contribution in [0.5, 0.6) is 0 Å². The summed E-state index contributed by atoms with van der Waals surface area (Å²) in [6, 6.07) is 8.96. The minimum Gasteiger partial charge on any atom is -0.323 e. The molecular formula is C14H17N5O2. The average Bonchev–Trinajstić information content (AvgIpc) is 2.88. The van der Waals surface area contributed by atoms with E-state index in [2.05, 4.69) is 15.6 Å². The van der Waals surface area contributed by atoms with Crippen molar-refractivity contribution in [3.63, 3.8) is 0 Å². The number of hydrogen-bond donors (Lipinski definition) is 2. The number of nitrogens with one attached hydrogen (secondary N) is 1. The van der Waals surface area contributed by atoms with Gasteiger partial charge < -0.3 is 5.73 Å². The first kappa shape index (κ1) is 14.9. The quantitative estimate of drug-likeness (QED) is 0.816. The minimum absolute atomic E-state index is 0.0692. The molecule has 1 aromatic heterocycles. The lowest BCUT2D eigenvalue weighted by Crippen LogP contribution is -2.34. The van der Waals surface area contributed by atoms with Crippen molar-refractivity contribution in [1.82, 2.24) is 20.3 Å². The molecule has 0 spiro atoms. The number of nitrogens with zero attached hydrogens (tertiary/aromatic N) is 3. The van der Waals surface area contributed by atoms with Gasteiger partial charge in [0.05, 0.1) is 18.3 Å². The van der Waals surface area contributed by atoms with Crippen molar-refractivity contribution < 1.29 is 9.59 Å². The zero-order chi connectivity index (χ0) is 15.2. The molecule has 0 saturated carbocycles. The van der Waals surface area contributed by atoms with Crippen molar-refractivity contribution in [3.8, 4) is 0 Å².